The van der Waals surface area contributed by atoms with Gasteiger partial charge in [-0.3, -0.25) is 4.79 Å². The molecule has 16 heavy (non-hydrogen) atoms. The number of carboxylic acid groups (broad SMARTS) is 1. The Kier molecular flexibility index (Phi) is 3.82. The zero-order valence-electron chi connectivity index (χ0n) is 9.13. The molecule has 1 N–H and O–H groups in total. The molecule has 0 fully saturated rings. The molecule has 0 aromatic heterocycles. The average molecular weight is 229 g/mol. The van der Waals surface area contributed by atoms with Crippen molar-refractivity contribution in [1.29, 1.82) is 0 Å². The fraction of sp³-hybridized carbons (Fsp3) is 0.364. The molecule has 0 aliphatic carbocycles. The first-order valence-corrected chi connectivity index (χ1v) is 4.79. The zero-order chi connectivity index (χ0) is 12.3. The summed E-state index contributed by atoms with van der Waals surface area (Å²) in [6, 6.07) is 2.43. The maximum atomic E-state index is 13.5. The molecule has 0 heterocycles. The van der Waals surface area contributed by atoms with Crippen molar-refractivity contribution in [1.82, 2.24) is 0 Å². The second kappa shape index (κ2) is 4.92. The first kappa shape index (κ1) is 12.4. The summed E-state index contributed by atoms with van der Waals surface area (Å²) in [6.07, 6.45) is 0.0754. The minimum Gasteiger partial charge on any atom is -0.481 e. The highest BCUT2D eigenvalue weighted by Gasteiger charge is 2.15. The van der Waals surface area contributed by atoms with Gasteiger partial charge in [-0.05, 0) is 18.1 Å². The van der Waals surface area contributed by atoms with Crippen molar-refractivity contribution in [3.8, 4) is 0 Å². The van der Waals surface area contributed by atoms with Gasteiger partial charge in [0.05, 0.1) is 5.69 Å². The van der Waals surface area contributed by atoms with E-state index in [1.165, 1.54) is 11.0 Å². The molecule has 0 spiro atoms. The van der Waals surface area contributed by atoms with Gasteiger partial charge in [-0.25, -0.2) is 8.78 Å². The van der Waals surface area contributed by atoms with E-state index in [9.17, 15) is 13.6 Å². The van der Waals surface area contributed by atoms with Crippen LogP contribution in [0.4, 0.5) is 14.5 Å². The van der Waals surface area contributed by atoms with E-state index in [4.69, 9.17) is 5.11 Å². The van der Waals surface area contributed by atoms with E-state index >= 15 is 0 Å². The summed E-state index contributed by atoms with van der Waals surface area (Å²) < 4.78 is 26.5. The molecule has 3 nitrogen and oxygen atoms in total. The Labute approximate surface area is 92.3 Å². The van der Waals surface area contributed by atoms with Gasteiger partial charge in [-0.2, -0.15) is 0 Å². The molecule has 0 amide bonds. The van der Waals surface area contributed by atoms with Crippen LogP contribution in [0.2, 0.25) is 0 Å². The van der Waals surface area contributed by atoms with E-state index in [2.05, 4.69) is 0 Å². The molecule has 0 aliphatic rings. The SMILES string of the molecule is CN(C)c1c(CCC(=O)O)ccc(F)c1F. The molecular weight excluding hydrogens is 216 g/mol. The van der Waals surface area contributed by atoms with Crippen molar-refractivity contribution in [2.24, 2.45) is 0 Å². The lowest BCUT2D eigenvalue weighted by atomic mass is 10.1. The van der Waals surface area contributed by atoms with E-state index in [0.717, 1.165) is 6.07 Å². The van der Waals surface area contributed by atoms with Crippen LogP contribution >= 0.6 is 0 Å². The number of halogens is 2. The van der Waals surface area contributed by atoms with E-state index in [-0.39, 0.29) is 18.5 Å². The van der Waals surface area contributed by atoms with Gasteiger partial charge in [0.2, 0.25) is 0 Å². The van der Waals surface area contributed by atoms with Crippen LogP contribution in [0.15, 0.2) is 12.1 Å². The number of nitrogens with zero attached hydrogens (tertiary/aromatic N) is 1. The van der Waals surface area contributed by atoms with Crippen molar-refractivity contribution in [2.75, 3.05) is 19.0 Å². The summed E-state index contributed by atoms with van der Waals surface area (Å²) in [5, 5.41) is 8.55. The summed E-state index contributed by atoms with van der Waals surface area (Å²) in [5.74, 6) is -2.83. The molecular formula is C11H13F2NO2. The Hall–Kier alpha value is -1.65. The number of anilines is 1. The van der Waals surface area contributed by atoms with Crippen LogP contribution < -0.4 is 4.90 Å². The van der Waals surface area contributed by atoms with Crippen molar-refractivity contribution in [3.05, 3.63) is 29.3 Å². The van der Waals surface area contributed by atoms with Crippen LogP contribution in [-0.2, 0) is 11.2 Å². The molecule has 0 unspecified atom stereocenters. The summed E-state index contributed by atoms with van der Waals surface area (Å²) >= 11 is 0. The van der Waals surface area contributed by atoms with Gasteiger partial charge in [0.15, 0.2) is 11.6 Å². The predicted molar refractivity (Wildman–Crippen MR) is 56.6 cm³/mol. The summed E-state index contributed by atoms with van der Waals surface area (Å²) in [6.45, 7) is 0. The second-order valence-corrected chi connectivity index (χ2v) is 3.66. The first-order chi connectivity index (χ1) is 7.43. The fourth-order valence-corrected chi connectivity index (χ4v) is 1.51. The molecule has 0 bridgehead atoms. The maximum Gasteiger partial charge on any atom is 0.303 e. The Bertz CT molecular complexity index is 405. The minimum absolute atomic E-state index is 0.105. The molecule has 88 valence electrons. The summed E-state index contributed by atoms with van der Waals surface area (Å²) in [4.78, 5) is 11.9. The molecule has 0 atom stereocenters. The van der Waals surface area contributed by atoms with Crippen molar-refractivity contribution in [3.63, 3.8) is 0 Å². The maximum absolute atomic E-state index is 13.5. The molecule has 1 aromatic carbocycles. The number of hydrogen-bond donors (Lipinski definition) is 1. The van der Waals surface area contributed by atoms with Crippen molar-refractivity contribution >= 4 is 11.7 Å². The van der Waals surface area contributed by atoms with Gasteiger partial charge in [-0.15, -0.1) is 0 Å². The number of aryl methyl sites for hydroxylation is 1. The van der Waals surface area contributed by atoms with E-state index in [1.807, 2.05) is 0 Å². The normalized spacial score (nSPS) is 10.2. The van der Waals surface area contributed by atoms with Gasteiger partial charge in [0.25, 0.3) is 0 Å². The number of benzene rings is 1. The molecule has 1 rings (SSSR count). The Morgan fingerprint density at radius 2 is 2.00 bits per heavy atom. The van der Waals surface area contributed by atoms with Crippen LogP contribution in [0.3, 0.4) is 0 Å². The summed E-state index contributed by atoms with van der Waals surface area (Å²) in [5.41, 5.74) is 0.604. The molecule has 5 heteroatoms. The molecule has 0 radical (unpaired) electrons. The van der Waals surface area contributed by atoms with Crippen molar-refractivity contribution in [2.45, 2.75) is 12.8 Å². The summed E-state index contributed by atoms with van der Waals surface area (Å²) in [7, 11) is 3.17. The standard InChI is InChI=1S/C11H13F2NO2/c1-14(2)11-7(4-6-9(15)16)3-5-8(12)10(11)13/h3,5H,4,6H2,1-2H3,(H,15,16). The van der Waals surface area contributed by atoms with Gasteiger partial charge in [0.1, 0.15) is 0 Å². The number of rotatable bonds is 4. The monoisotopic (exact) mass is 229 g/mol. The minimum atomic E-state index is -0.963. The quantitative estimate of drug-likeness (QED) is 0.859. The van der Waals surface area contributed by atoms with E-state index < -0.39 is 17.6 Å². The zero-order valence-corrected chi connectivity index (χ0v) is 9.13. The number of hydrogen-bond acceptors (Lipinski definition) is 2. The smallest absolute Gasteiger partial charge is 0.303 e. The molecule has 0 aliphatic heterocycles. The number of aliphatic carboxylic acids is 1. The van der Waals surface area contributed by atoms with Gasteiger partial charge in [-0.1, -0.05) is 6.07 Å². The highest BCUT2D eigenvalue weighted by Crippen LogP contribution is 2.26. The van der Waals surface area contributed by atoms with E-state index in [1.54, 1.807) is 14.1 Å². The third kappa shape index (κ3) is 2.68. The van der Waals surface area contributed by atoms with Gasteiger partial charge in [0, 0.05) is 20.5 Å². The Morgan fingerprint density at radius 1 is 1.38 bits per heavy atom. The lowest BCUT2D eigenvalue weighted by Gasteiger charge is -2.18. The number of carbonyl (C=O) groups is 1. The lowest BCUT2D eigenvalue weighted by Crippen LogP contribution is -2.15. The van der Waals surface area contributed by atoms with Crippen molar-refractivity contribution < 1.29 is 18.7 Å². The average Bonchev–Trinajstić information content (AvgIpc) is 2.19. The lowest BCUT2D eigenvalue weighted by molar-refractivity contribution is -0.136. The third-order valence-corrected chi connectivity index (χ3v) is 2.21. The Balaban J connectivity index is 3.08. The first-order valence-electron chi connectivity index (χ1n) is 4.79. The molecule has 1 aromatic rings. The predicted octanol–water partition coefficient (Wildman–Crippen LogP) is 2.05. The highest BCUT2D eigenvalue weighted by molar-refractivity contribution is 5.68. The van der Waals surface area contributed by atoms with Crippen LogP contribution in [0.5, 0.6) is 0 Å². The molecule has 0 saturated heterocycles. The van der Waals surface area contributed by atoms with Crippen LogP contribution in [0, 0.1) is 11.6 Å². The molecule has 0 saturated carbocycles. The highest BCUT2D eigenvalue weighted by atomic mass is 19.2. The van der Waals surface area contributed by atoms with E-state index in [0.29, 0.717) is 5.56 Å². The number of carboxylic acids is 1. The van der Waals surface area contributed by atoms with Crippen LogP contribution in [0.25, 0.3) is 0 Å². The van der Waals surface area contributed by atoms with Gasteiger partial charge < -0.3 is 10.0 Å². The van der Waals surface area contributed by atoms with Crippen LogP contribution in [-0.4, -0.2) is 25.2 Å². The Morgan fingerprint density at radius 3 is 2.50 bits per heavy atom. The van der Waals surface area contributed by atoms with Gasteiger partial charge >= 0.3 is 5.97 Å². The topological polar surface area (TPSA) is 40.5 Å². The fourth-order valence-electron chi connectivity index (χ4n) is 1.51. The third-order valence-electron chi connectivity index (χ3n) is 2.21. The second-order valence-electron chi connectivity index (χ2n) is 3.66. The van der Waals surface area contributed by atoms with Crippen LogP contribution in [0.1, 0.15) is 12.0 Å². The largest absolute Gasteiger partial charge is 0.481 e.